The first-order chi connectivity index (χ1) is 13.6. The molecule has 29 heavy (non-hydrogen) atoms. The van der Waals surface area contributed by atoms with Crippen LogP contribution in [0, 0.1) is 0 Å². The van der Waals surface area contributed by atoms with Gasteiger partial charge in [0.15, 0.2) is 0 Å². The number of anilines is 1. The highest BCUT2D eigenvalue weighted by Crippen LogP contribution is 2.24. The molecule has 1 saturated heterocycles. The lowest BCUT2D eigenvalue weighted by molar-refractivity contribution is -0.0370. The van der Waals surface area contributed by atoms with Gasteiger partial charge < -0.3 is 15.0 Å². The smallest absolute Gasteiger partial charge is 0.255 e. The molecule has 1 aliphatic heterocycles. The van der Waals surface area contributed by atoms with E-state index in [1.54, 1.807) is 24.3 Å². The molecule has 0 spiro atoms. The van der Waals surface area contributed by atoms with E-state index in [9.17, 15) is 9.59 Å². The Labute approximate surface area is 173 Å². The number of nitrogens with zero attached hydrogens (tertiary/aromatic N) is 1. The Morgan fingerprint density at radius 3 is 2.10 bits per heavy atom. The zero-order valence-corrected chi connectivity index (χ0v) is 17.9. The first-order valence-electron chi connectivity index (χ1n) is 10.00. The Bertz CT molecular complexity index is 878. The molecule has 0 radical (unpaired) electrons. The van der Waals surface area contributed by atoms with E-state index in [0.29, 0.717) is 36.6 Å². The standard InChI is InChI=1S/C24H30N2O3/c1-23(2,3)19-10-6-17(7-11-19)21(27)25-20-12-8-18(9-13-20)22(28)26-14-15-29-16-24(26,4)5/h6-13H,14-16H2,1-5H3,(H,25,27). The van der Waals surface area contributed by atoms with Gasteiger partial charge >= 0.3 is 0 Å². The van der Waals surface area contributed by atoms with Crippen molar-refractivity contribution in [2.75, 3.05) is 25.1 Å². The second kappa shape index (κ2) is 7.99. The summed E-state index contributed by atoms with van der Waals surface area (Å²) < 4.78 is 5.49. The summed E-state index contributed by atoms with van der Waals surface area (Å²) in [5.74, 6) is -0.187. The van der Waals surface area contributed by atoms with E-state index in [4.69, 9.17) is 4.74 Å². The van der Waals surface area contributed by atoms with Crippen molar-refractivity contribution in [3.63, 3.8) is 0 Å². The molecule has 2 amide bonds. The van der Waals surface area contributed by atoms with E-state index in [2.05, 4.69) is 26.1 Å². The van der Waals surface area contributed by atoms with Crippen molar-refractivity contribution in [2.24, 2.45) is 0 Å². The number of hydrogen-bond acceptors (Lipinski definition) is 3. The summed E-state index contributed by atoms with van der Waals surface area (Å²) in [6.45, 7) is 12.1. The number of amides is 2. The summed E-state index contributed by atoms with van der Waals surface area (Å²) in [4.78, 5) is 27.2. The molecule has 1 heterocycles. The average Bonchev–Trinajstić information content (AvgIpc) is 2.67. The normalized spacial score (nSPS) is 16.4. The van der Waals surface area contributed by atoms with Gasteiger partial charge in [-0.05, 0) is 61.2 Å². The Morgan fingerprint density at radius 2 is 1.55 bits per heavy atom. The first-order valence-corrected chi connectivity index (χ1v) is 10.00. The molecule has 3 rings (SSSR count). The van der Waals surface area contributed by atoms with Crippen LogP contribution in [0.1, 0.15) is 60.9 Å². The third-order valence-corrected chi connectivity index (χ3v) is 5.29. The van der Waals surface area contributed by atoms with Gasteiger partial charge in [0, 0.05) is 23.4 Å². The minimum Gasteiger partial charge on any atom is -0.377 e. The number of benzene rings is 2. The Kier molecular flexibility index (Phi) is 5.80. The van der Waals surface area contributed by atoms with E-state index in [-0.39, 0.29) is 22.8 Å². The predicted octanol–water partition coefficient (Wildman–Crippen LogP) is 4.49. The van der Waals surface area contributed by atoms with Crippen LogP contribution in [0.2, 0.25) is 0 Å². The highest BCUT2D eigenvalue weighted by atomic mass is 16.5. The second-order valence-corrected chi connectivity index (χ2v) is 9.18. The number of hydrogen-bond donors (Lipinski definition) is 1. The fourth-order valence-electron chi connectivity index (χ4n) is 3.41. The van der Waals surface area contributed by atoms with Crippen molar-refractivity contribution in [3.8, 4) is 0 Å². The fourth-order valence-corrected chi connectivity index (χ4v) is 3.41. The molecule has 5 heteroatoms. The largest absolute Gasteiger partial charge is 0.377 e. The van der Waals surface area contributed by atoms with Gasteiger partial charge in [0.25, 0.3) is 11.8 Å². The Morgan fingerprint density at radius 1 is 0.966 bits per heavy atom. The van der Waals surface area contributed by atoms with Crippen LogP contribution in [0.5, 0.6) is 0 Å². The van der Waals surface area contributed by atoms with Crippen molar-refractivity contribution >= 4 is 17.5 Å². The number of carbonyl (C=O) groups excluding carboxylic acids is 2. The lowest BCUT2D eigenvalue weighted by atomic mass is 9.87. The van der Waals surface area contributed by atoms with Gasteiger partial charge in [-0.1, -0.05) is 32.9 Å². The molecule has 0 bridgehead atoms. The summed E-state index contributed by atoms with van der Waals surface area (Å²) in [6.07, 6.45) is 0. The first kappa shape index (κ1) is 21.1. The van der Waals surface area contributed by atoms with Gasteiger partial charge in [0.05, 0.1) is 18.8 Å². The van der Waals surface area contributed by atoms with Crippen molar-refractivity contribution in [1.29, 1.82) is 0 Å². The molecule has 1 aliphatic rings. The van der Waals surface area contributed by atoms with Crippen LogP contribution in [0.4, 0.5) is 5.69 Å². The number of rotatable bonds is 3. The molecule has 1 N–H and O–H groups in total. The Hall–Kier alpha value is -2.66. The maximum Gasteiger partial charge on any atom is 0.255 e. The lowest BCUT2D eigenvalue weighted by Gasteiger charge is -2.42. The van der Waals surface area contributed by atoms with Gasteiger partial charge in [0.2, 0.25) is 0 Å². The highest BCUT2D eigenvalue weighted by molar-refractivity contribution is 6.04. The number of carbonyl (C=O) groups is 2. The van der Waals surface area contributed by atoms with E-state index in [0.717, 1.165) is 0 Å². The molecule has 154 valence electrons. The van der Waals surface area contributed by atoms with Crippen LogP contribution in [-0.4, -0.2) is 42.0 Å². The van der Waals surface area contributed by atoms with Gasteiger partial charge in [-0.2, -0.15) is 0 Å². The highest BCUT2D eigenvalue weighted by Gasteiger charge is 2.34. The van der Waals surface area contributed by atoms with Crippen LogP contribution in [0.25, 0.3) is 0 Å². The summed E-state index contributed by atoms with van der Waals surface area (Å²) in [7, 11) is 0. The van der Waals surface area contributed by atoms with E-state index < -0.39 is 0 Å². The molecule has 2 aromatic rings. The number of morpholine rings is 1. The summed E-state index contributed by atoms with van der Waals surface area (Å²) >= 11 is 0. The summed E-state index contributed by atoms with van der Waals surface area (Å²) in [6, 6.07) is 14.7. The van der Waals surface area contributed by atoms with Gasteiger partial charge in [-0.25, -0.2) is 0 Å². The molecule has 0 aliphatic carbocycles. The monoisotopic (exact) mass is 394 g/mol. The number of ether oxygens (including phenoxy) is 1. The fraction of sp³-hybridized carbons (Fsp3) is 0.417. The number of nitrogens with one attached hydrogen (secondary N) is 1. The van der Waals surface area contributed by atoms with Crippen LogP contribution < -0.4 is 5.32 Å². The van der Waals surface area contributed by atoms with Gasteiger partial charge in [-0.3, -0.25) is 9.59 Å². The van der Waals surface area contributed by atoms with Crippen molar-refractivity contribution in [3.05, 3.63) is 65.2 Å². The minimum atomic E-state index is -0.332. The van der Waals surface area contributed by atoms with E-state index in [1.165, 1.54) is 5.56 Å². The minimum absolute atomic E-state index is 0.0195. The molecule has 0 unspecified atom stereocenters. The lowest BCUT2D eigenvalue weighted by Crippen LogP contribution is -2.55. The molecule has 0 atom stereocenters. The van der Waals surface area contributed by atoms with Crippen molar-refractivity contribution in [2.45, 2.75) is 45.6 Å². The maximum absolute atomic E-state index is 12.9. The second-order valence-electron chi connectivity index (χ2n) is 9.18. The molecular formula is C24H30N2O3. The van der Waals surface area contributed by atoms with Crippen LogP contribution in [0.15, 0.2) is 48.5 Å². The van der Waals surface area contributed by atoms with E-state index >= 15 is 0 Å². The molecular weight excluding hydrogens is 364 g/mol. The third kappa shape index (κ3) is 4.85. The quantitative estimate of drug-likeness (QED) is 0.835. The Balaban J connectivity index is 1.67. The molecule has 2 aromatic carbocycles. The SMILES string of the molecule is CC(C)(C)c1ccc(C(=O)Nc2ccc(C(=O)N3CCOCC3(C)C)cc2)cc1. The summed E-state index contributed by atoms with van der Waals surface area (Å²) in [5.41, 5.74) is 2.77. The predicted molar refractivity (Wildman–Crippen MR) is 115 cm³/mol. The third-order valence-electron chi connectivity index (χ3n) is 5.29. The van der Waals surface area contributed by atoms with Crippen LogP contribution in [0.3, 0.4) is 0 Å². The van der Waals surface area contributed by atoms with Crippen molar-refractivity contribution < 1.29 is 14.3 Å². The van der Waals surface area contributed by atoms with Crippen LogP contribution in [-0.2, 0) is 10.2 Å². The van der Waals surface area contributed by atoms with Gasteiger partial charge in [-0.15, -0.1) is 0 Å². The zero-order valence-electron chi connectivity index (χ0n) is 17.9. The van der Waals surface area contributed by atoms with Crippen LogP contribution >= 0.6 is 0 Å². The van der Waals surface area contributed by atoms with Crippen molar-refractivity contribution in [1.82, 2.24) is 4.90 Å². The molecule has 5 nitrogen and oxygen atoms in total. The zero-order chi connectivity index (χ0) is 21.2. The van der Waals surface area contributed by atoms with E-state index in [1.807, 2.05) is 43.0 Å². The molecule has 0 saturated carbocycles. The maximum atomic E-state index is 12.9. The average molecular weight is 395 g/mol. The van der Waals surface area contributed by atoms with Gasteiger partial charge in [0.1, 0.15) is 0 Å². The summed E-state index contributed by atoms with van der Waals surface area (Å²) in [5, 5.41) is 2.89. The topological polar surface area (TPSA) is 58.6 Å². The molecule has 1 fully saturated rings. The molecule has 0 aromatic heterocycles.